The monoisotopic (exact) mass is 748 g/mol. The number of rotatable bonds is 11. The van der Waals surface area contributed by atoms with E-state index in [-0.39, 0.29) is 47.8 Å². The molecule has 2 saturated carbocycles. The fraction of sp³-hybridized carbons (Fsp3) is 0.463. The number of nitrogens with one attached hydrogen (secondary N) is 3. The summed E-state index contributed by atoms with van der Waals surface area (Å²) < 4.78 is 10.0. The summed E-state index contributed by atoms with van der Waals surface area (Å²) in [6, 6.07) is 15.7. The van der Waals surface area contributed by atoms with Crippen molar-refractivity contribution in [3.05, 3.63) is 72.6 Å². The van der Waals surface area contributed by atoms with Crippen molar-refractivity contribution in [2.45, 2.75) is 89.7 Å². The Hall–Kier alpha value is -5.66. The molecule has 2 aromatic heterocycles. The van der Waals surface area contributed by atoms with Crippen LogP contribution in [0.5, 0.6) is 0 Å². The van der Waals surface area contributed by atoms with Crippen LogP contribution in [-0.4, -0.2) is 85.1 Å². The van der Waals surface area contributed by atoms with Crippen molar-refractivity contribution < 1.29 is 28.7 Å². The van der Waals surface area contributed by atoms with Crippen LogP contribution in [0.3, 0.4) is 0 Å². The number of likely N-dealkylation sites (tertiary alicyclic amines) is 2. The summed E-state index contributed by atoms with van der Waals surface area (Å²) in [5, 5.41) is 2.73. The molecule has 8 rings (SSSR count). The maximum absolute atomic E-state index is 13.8. The fourth-order valence-corrected chi connectivity index (χ4v) is 8.63. The summed E-state index contributed by atoms with van der Waals surface area (Å²) in [6.45, 7) is 7.52. The van der Waals surface area contributed by atoms with Crippen molar-refractivity contribution >= 4 is 24.0 Å². The minimum absolute atomic E-state index is 0.0987. The lowest BCUT2D eigenvalue weighted by atomic mass is 10.0. The molecule has 55 heavy (non-hydrogen) atoms. The zero-order chi connectivity index (χ0) is 38.7. The first-order chi connectivity index (χ1) is 26.4. The van der Waals surface area contributed by atoms with Crippen LogP contribution in [0, 0.1) is 23.7 Å². The molecule has 4 heterocycles. The summed E-state index contributed by atoms with van der Waals surface area (Å²) in [5.41, 5.74) is 11.1. The second-order valence-corrected chi connectivity index (χ2v) is 16.1. The molecule has 0 unspecified atom stereocenters. The zero-order valence-electron chi connectivity index (χ0n) is 31.7. The first kappa shape index (κ1) is 36.3. The second-order valence-electron chi connectivity index (χ2n) is 16.1. The van der Waals surface area contributed by atoms with Crippen molar-refractivity contribution in [3.63, 3.8) is 0 Å². The number of nitrogens with zero attached hydrogens (tertiary/aromatic N) is 4. The predicted molar refractivity (Wildman–Crippen MR) is 203 cm³/mol. The van der Waals surface area contributed by atoms with Crippen LogP contribution in [0.4, 0.5) is 9.59 Å². The van der Waals surface area contributed by atoms with Crippen molar-refractivity contribution in [3.8, 4) is 33.6 Å². The molecular formula is C41H48N8O6. The van der Waals surface area contributed by atoms with Crippen LogP contribution >= 0.6 is 0 Å². The van der Waals surface area contributed by atoms with Gasteiger partial charge in [-0.3, -0.25) is 9.59 Å². The van der Waals surface area contributed by atoms with Crippen molar-refractivity contribution in [1.82, 2.24) is 35.1 Å². The third kappa shape index (κ3) is 6.94. The number of piperidine rings is 2. The van der Waals surface area contributed by atoms with Crippen molar-refractivity contribution in [2.24, 2.45) is 29.4 Å². The van der Waals surface area contributed by atoms with Gasteiger partial charge in [0.2, 0.25) is 5.91 Å². The van der Waals surface area contributed by atoms with E-state index in [1.54, 1.807) is 6.20 Å². The minimum atomic E-state index is -0.951. The van der Waals surface area contributed by atoms with Crippen LogP contribution in [0.15, 0.2) is 60.9 Å². The lowest BCUT2D eigenvalue weighted by molar-refractivity contribution is -0.144. The van der Waals surface area contributed by atoms with E-state index >= 15 is 0 Å². The maximum atomic E-state index is 13.8. The first-order valence-corrected chi connectivity index (χ1v) is 19.2. The van der Waals surface area contributed by atoms with Gasteiger partial charge in [0.1, 0.15) is 17.7 Å². The van der Waals surface area contributed by atoms with Gasteiger partial charge in [0, 0.05) is 12.1 Å². The van der Waals surface area contributed by atoms with Gasteiger partial charge in [-0.25, -0.2) is 19.6 Å². The van der Waals surface area contributed by atoms with Crippen LogP contribution in [-0.2, 0) is 19.1 Å². The van der Waals surface area contributed by atoms with E-state index in [4.69, 9.17) is 25.2 Å². The van der Waals surface area contributed by atoms with Crippen LogP contribution < -0.4 is 11.1 Å². The molecule has 14 nitrogen and oxygen atoms in total. The average molecular weight is 749 g/mol. The Balaban J connectivity index is 0.933. The number of hydrogen-bond acceptors (Lipinski definition) is 8. The largest absolute Gasteiger partial charge is 0.453 e. The maximum Gasteiger partial charge on any atom is 0.407 e. The number of ether oxygens (including phenoxy) is 2. The molecule has 0 radical (unpaired) electrons. The Bertz CT molecular complexity index is 2090. The number of aromatic nitrogens is 4. The molecular weight excluding hydrogens is 701 g/mol. The predicted octanol–water partition coefficient (Wildman–Crippen LogP) is 5.96. The third-order valence-electron chi connectivity index (χ3n) is 11.7. The van der Waals surface area contributed by atoms with Gasteiger partial charge in [-0.2, -0.15) is 0 Å². The number of hydrogen-bond donors (Lipinski definition) is 4. The van der Waals surface area contributed by atoms with Crippen LogP contribution in [0.25, 0.3) is 33.6 Å². The molecule has 8 atom stereocenters. The Morgan fingerprint density at radius 1 is 0.709 bits per heavy atom. The number of aromatic amines is 2. The number of imidazole rings is 2. The molecule has 14 heteroatoms. The number of fused-ring (bicyclic) bond motifs is 2. The highest BCUT2D eigenvalue weighted by molar-refractivity contribution is 5.87. The number of carbonyl (C=O) groups is 4. The number of methoxy groups -OCH3 is 1. The number of benzene rings is 2. The zero-order valence-corrected chi connectivity index (χ0v) is 31.7. The summed E-state index contributed by atoms with van der Waals surface area (Å²) in [4.78, 5) is 71.0. The summed E-state index contributed by atoms with van der Waals surface area (Å²) in [6.07, 6.45) is 4.70. The smallest absolute Gasteiger partial charge is 0.407 e. The van der Waals surface area contributed by atoms with E-state index in [0.29, 0.717) is 11.8 Å². The Kier molecular flexibility index (Phi) is 9.38. The van der Waals surface area contributed by atoms with Gasteiger partial charge in [0.25, 0.3) is 5.91 Å². The lowest BCUT2D eigenvalue weighted by Gasteiger charge is -2.31. The van der Waals surface area contributed by atoms with E-state index in [1.807, 2.05) is 43.7 Å². The third-order valence-corrected chi connectivity index (χ3v) is 11.7. The SMILES string of the molecule is COC(=O)N[C@@H](C(=O)N1[C@@H]2C[C@@H]2C[C@H]1c1ncc(-c2ccc(-c3ccc(-c4cnc([C@@H]5C[C@H]6C[C@H]6N5C(=O)[C@H](OC(N)=O)C(C)C)[nH]4)cc3)cc2)[nH]1)C(C)C. The van der Waals surface area contributed by atoms with Crippen molar-refractivity contribution in [2.75, 3.05) is 7.11 Å². The molecule has 288 valence electrons. The fourth-order valence-electron chi connectivity index (χ4n) is 8.63. The van der Waals surface area contributed by atoms with Crippen LogP contribution in [0.2, 0.25) is 0 Å². The summed E-state index contributed by atoms with van der Waals surface area (Å²) >= 11 is 0. The van der Waals surface area contributed by atoms with Gasteiger partial charge in [-0.1, -0.05) is 76.2 Å². The number of primary amides is 1. The topological polar surface area (TPSA) is 189 Å². The second kappa shape index (κ2) is 14.2. The molecule has 2 aliphatic carbocycles. The first-order valence-electron chi connectivity index (χ1n) is 19.2. The number of carbonyl (C=O) groups excluding carboxylic acids is 4. The standard InChI is InChI=1S/C41H48N8O6/c1-20(2)34(47-41(53)54-5)38(50)48-30-14-26(30)16-32(48)36-43-18-28(45-36)24-10-6-22(7-11-24)23-8-12-25(13-9-23)29-19-44-37(46-29)33-17-27-15-31(27)49(33)39(51)35(21(3)4)55-40(42)52/h6-13,18-21,26-27,30-35H,14-17H2,1-5H3,(H2,42,52)(H,43,45)(H,44,46)(H,47,53)/t26-,27-,30-,31-,32+,33+,34-,35-/m1/s1. The lowest BCUT2D eigenvalue weighted by Crippen LogP contribution is -2.52. The molecule has 5 N–H and O–H groups in total. The van der Waals surface area contributed by atoms with Crippen molar-refractivity contribution in [1.29, 1.82) is 0 Å². The van der Waals surface area contributed by atoms with Gasteiger partial charge < -0.3 is 40.3 Å². The quantitative estimate of drug-likeness (QED) is 0.145. The van der Waals surface area contributed by atoms with Crippen LogP contribution in [0.1, 0.15) is 77.1 Å². The molecule has 0 spiro atoms. The molecule has 4 aliphatic rings. The molecule has 2 aliphatic heterocycles. The highest BCUT2D eigenvalue weighted by Gasteiger charge is 2.57. The molecule has 2 aromatic carbocycles. The Morgan fingerprint density at radius 3 is 1.58 bits per heavy atom. The molecule has 0 bridgehead atoms. The summed E-state index contributed by atoms with van der Waals surface area (Å²) in [5.74, 6) is 1.70. The average Bonchev–Trinajstić information content (AvgIpc) is 3.76. The van der Waals surface area contributed by atoms with E-state index in [9.17, 15) is 19.2 Å². The molecule has 4 aromatic rings. The number of nitrogens with two attached hydrogens (primary N) is 1. The van der Waals surface area contributed by atoms with Gasteiger partial charge in [0.05, 0.1) is 43.0 Å². The Labute approximate surface area is 319 Å². The normalized spacial score (nSPS) is 24.6. The van der Waals surface area contributed by atoms with E-state index in [1.165, 1.54) is 7.11 Å². The molecule has 4 fully saturated rings. The van der Waals surface area contributed by atoms with Gasteiger partial charge in [0.15, 0.2) is 6.10 Å². The molecule has 2 saturated heterocycles. The summed E-state index contributed by atoms with van der Waals surface area (Å²) in [7, 11) is 1.30. The van der Waals surface area contributed by atoms with E-state index < -0.39 is 24.3 Å². The number of H-pyrrole nitrogens is 2. The van der Waals surface area contributed by atoms with E-state index in [2.05, 4.69) is 63.8 Å². The Morgan fingerprint density at radius 2 is 1.16 bits per heavy atom. The highest BCUT2D eigenvalue weighted by atomic mass is 16.6. The van der Waals surface area contributed by atoms with E-state index in [0.717, 1.165) is 71.0 Å². The number of alkyl carbamates (subject to hydrolysis) is 1. The number of amides is 4. The minimum Gasteiger partial charge on any atom is -0.453 e. The highest BCUT2D eigenvalue weighted by Crippen LogP contribution is 2.54. The molecule has 4 amide bonds. The van der Waals surface area contributed by atoms with Gasteiger partial charge in [-0.05, 0) is 71.6 Å². The van der Waals surface area contributed by atoms with Gasteiger partial charge >= 0.3 is 12.2 Å². The van der Waals surface area contributed by atoms with Gasteiger partial charge in [-0.15, -0.1) is 0 Å².